The van der Waals surface area contributed by atoms with Gasteiger partial charge >= 0.3 is 6.18 Å². The second-order valence-corrected chi connectivity index (χ2v) is 5.72. The van der Waals surface area contributed by atoms with Gasteiger partial charge in [0.2, 0.25) is 0 Å². The lowest BCUT2D eigenvalue weighted by Crippen LogP contribution is -2.21. The molecule has 0 amide bonds. The molecule has 0 aromatic rings. The molecule has 0 radical (unpaired) electrons. The topological polar surface area (TPSA) is 34.1 Å². The van der Waals surface area contributed by atoms with Crippen LogP contribution in [0.15, 0.2) is 0 Å². The van der Waals surface area contributed by atoms with Crippen LogP contribution in [0.5, 0.6) is 0 Å². The van der Waals surface area contributed by atoms with Crippen molar-refractivity contribution in [2.24, 2.45) is 5.92 Å². The van der Waals surface area contributed by atoms with Gasteiger partial charge in [-0.25, -0.2) is 8.42 Å². The van der Waals surface area contributed by atoms with Crippen LogP contribution in [0.1, 0.15) is 26.7 Å². The van der Waals surface area contributed by atoms with E-state index in [1.165, 1.54) is 0 Å². The molecule has 0 aromatic carbocycles. The normalized spacial score (nSPS) is 15.5. The maximum Gasteiger partial charge on any atom is 0.390 e. The lowest BCUT2D eigenvalue weighted by molar-refractivity contribution is -0.129. The van der Waals surface area contributed by atoms with Gasteiger partial charge in [-0.1, -0.05) is 20.3 Å². The van der Waals surface area contributed by atoms with Crippen LogP contribution in [-0.4, -0.2) is 26.1 Å². The minimum absolute atomic E-state index is 0.0757. The number of halogens is 3. The molecule has 0 fully saturated rings. The first-order valence-electron chi connectivity index (χ1n) is 4.43. The van der Waals surface area contributed by atoms with E-state index in [1.807, 2.05) is 6.92 Å². The van der Waals surface area contributed by atoms with Gasteiger partial charge in [0.05, 0.1) is 17.9 Å². The standard InChI is InChI=1S/C8H15F3O2S/c1-3-7(2)6-14(12,13)5-4-8(9,10)11/h7H,3-6H2,1-2H3/t7-/m1/s1. The van der Waals surface area contributed by atoms with Gasteiger partial charge in [-0.2, -0.15) is 13.2 Å². The van der Waals surface area contributed by atoms with Gasteiger partial charge in [0.1, 0.15) is 0 Å². The molecule has 0 rings (SSSR count). The molecule has 0 bridgehead atoms. The molecular weight excluding hydrogens is 217 g/mol. The van der Waals surface area contributed by atoms with Gasteiger partial charge in [0.15, 0.2) is 9.84 Å². The van der Waals surface area contributed by atoms with Crippen LogP contribution in [0.4, 0.5) is 13.2 Å². The first kappa shape index (κ1) is 13.7. The van der Waals surface area contributed by atoms with E-state index in [0.717, 1.165) is 0 Å². The van der Waals surface area contributed by atoms with Crippen molar-refractivity contribution in [3.8, 4) is 0 Å². The van der Waals surface area contributed by atoms with E-state index in [4.69, 9.17) is 0 Å². The quantitative estimate of drug-likeness (QED) is 0.729. The average Bonchev–Trinajstić information content (AvgIpc) is 1.99. The van der Waals surface area contributed by atoms with Crippen molar-refractivity contribution in [2.45, 2.75) is 32.9 Å². The summed E-state index contributed by atoms with van der Waals surface area (Å²) in [6.07, 6.45) is -4.97. The summed E-state index contributed by atoms with van der Waals surface area (Å²) in [6, 6.07) is 0. The second kappa shape index (κ2) is 5.00. The molecule has 0 heterocycles. The first-order chi connectivity index (χ1) is 6.16. The Morgan fingerprint density at radius 1 is 1.29 bits per heavy atom. The molecule has 86 valence electrons. The Morgan fingerprint density at radius 3 is 2.14 bits per heavy atom. The predicted octanol–water partition coefficient (Wildman–Crippen LogP) is 2.40. The Morgan fingerprint density at radius 2 is 1.79 bits per heavy atom. The molecular formula is C8H15F3O2S. The minimum atomic E-state index is -4.39. The Bertz CT molecular complexity index is 256. The number of rotatable bonds is 5. The van der Waals surface area contributed by atoms with Gasteiger partial charge in [-0.15, -0.1) is 0 Å². The molecule has 0 spiro atoms. The van der Waals surface area contributed by atoms with E-state index < -0.39 is 28.2 Å². The fraction of sp³-hybridized carbons (Fsp3) is 1.00. The number of hydrogen-bond acceptors (Lipinski definition) is 2. The molecule has 0 aliphatic carbocycles. The SMILES string of the molecule is CC[C@@H](C)CS(=O)(=O)CCC(F)(F)F. The molecule has 0 unspecified atom stereocenters. The first-order valence-corrected chi connectivity index (χ1v) is 6.25. The number of sulfone groups is 1. The maximum absolute atomic E-state index is 11.7. The zero-order chi connectivity index (χ0) is 11.4. The van der Waals surface area contributed by atoms with Crippen molar-refractivity contribution in [1.29, 1.82) is 0 Å². The molecule has 0 aliphatic rings. The average molecular weight is 232 g/mol. The lowest BCUT2D eigenvalue weighted by Gasteiger charge is -2.10. The summed E-state index contributed by atoms with van der Waals surface area (Å²) in [5.74, 6) is -1.02. The van der Waals surface area contributed by atoms with Crippen LogP contribution >= 0.6 is 0 Å². The van der Waals surface area contributed by atoms with Crippen LogP contribution in [0.25, 0.3) is 0 Å². The highest BCUT2D eigenvalue weighted by molar-refractivity contribution is 7.91. The van der Waals surface area contributed by atoms with Crippen LogP contribution in [-0.2, 0) is 9.84 Å². The molecule has 0 saturated heterocycles. The summed E-state index contributed by atoms with van der Waals surface area (Å²) >= 11 is 0. The van der Waals surface area contributed by atoms with E-state index in [2.05, 4.69) is 0 Å². The highest BCUT2D eigenvalue weighted by Crippen LogP contribution is 2.21. The summed E-state index contributed by atoms with van der Waals surface area (Å²) in [4.78, 5) is 0. The van der Waals surface area contributed by atoms with Crippen LogP contribution < -0.4 is 0 Å². The third-order valence-corrected chi connectivity index (χ3v) is 3.83. The van der Waals surface area contributed by atoms with Crippen molar-refractivity contribution in [2.75, 3.05) is 11.5 Å². The third-order valence-electron chi connectivity index (χ3n) is 1.93. The molecule has 0 saturated carbocycles. The Hall–Kier alpha value is -0.260. The molecule has 6 heteroatoms. The molecule has 2 nitrogen and oxygen atoms in total. The molecule has 0 N–H and O–H groups in total. The summed E-state index contributed by atoms with van der Waals surface area (Å²) in [7, 11) is -3.55. The van der Waals surface area contributed by atoms with Gasteiger partial charge in [0.25, 0.3) is 0 Å². The van der Waals surface area contributed by atoms with E-state index in [0.29, 0.717) is 6.42 Å². The molecule has 0 aromatic heterocycles. The summed E-state index contributed by atoms with van der Waals surface area (Å²) in [5.41, 5.74) is 0. The zero-order valence-electron chi connectivity index (χ0n) is 8.26. The Balaban J connectivity index is 4.10. The fourth-order valence-corrected chi connectivity index (χ4v) is 2.72. The largest absolute Gasteiger partial charge is 0.390 e. The van der Waals surface area contributed by atoms with Crippen LogP contribution in [0.3, 0.4) is 0 Å². The van der Waals surface area contributed by atoms with E-state index in [1.54, 1.807) is 6.92 Å². The van der Waals surface area contributed by atoms with Crippen molar-refractivity contribution >= 4 is 9.84 Å². The number of hydrogen-bond donors (Lipinski definition) is 0. The second-order valence-electron chi connectivity index (χ2n) is 3.49. The van der Waals surface area contributed by atoms with Crippen molar-refractivity contribution in [3.05, 3.63) is 0 Å². The number of alkyl halides is 3. The Kier molecular flexibility index (Phi) is 4.91. The smallest absolute Gasteiger partial charge is 0.229 e. The monoisotopic (exact) mass is 232 g/mol. The van der Waals surface area contributed by atoms with Crippen LogP contribution in [0.2, 0.25) is 0 Å². The maximum atomic E-state index is 11.7. The van der Waals surface area contributed by atoms with Crippen molar-refractivity contribution < 1.29 is 21.6 Å². The van der Waals surface area contributed by atoms with Gasteiger partial charge in [0, 0.05) is 0 Å². The summed E-state index contributed by atoms with van der Waals surface area (Å²) in [6.45, 7) is 3.52. The molecule has 14 heavy (non-hydrogen) atoms. The fourth-order valence-electron chi connectivity index (χ4n) is 0.906. The lowest BCUT2D eigenvalue weighted by atomic mass is 10.2. The zero-order valence-corrected chi connectivity index (χ0v) is 9.08. The molecule has 0 aliphatic heterocycles. The third kappa shape index (κ3) is 7.17. The van der Waals surface area contributed by atoms with E-state index in [9.17, 15) is 21.6 Å². The van der Waals surface area contributed by atoms with Gasteiger partial charge in [-0.05, 0) is 5.92 Å². The Labute approximate surface area is 82.4 Å². The minimum Gasteiger partial charge on any atom is -0.229 e. The summed E-state index contributed by atoms with van der Waals surface area (Å²) < 4.78 is 57.5. The van der Waals surface area contributed by atoms with Crippen molar-refractivity contribution in [3.63, 3.8) is 0 Å². The highest BCUT2D eigenvalue weighted by atomic mass is 32.2. The van der Waals surface area contributed by atoms with Crippen molar-refractivity contribution in [1.82, 2.24) is 0 Å². The van der Waals surface area contributed by atoms with Crippen LogP contribution in [0, 0.1) is 5.92 Å². The predicted molar refractivity (Wildman–Crippen MR) is 48.8 cm³/mol. The van der Waals surface area contributed by atoms with Gasteiger partial charge < -0.3 is 0 Å². The van der Waals surface area contributed by atoms with E-state index >= 15 is 0 Å². The summed E-state index contributed by atoms with van der Waals surface area (Å²) in [5, 5.41) is 0. The van der Waals surface area contributed by atoms with Gasteiger partial charge in [-0.3, -0.25) is 0 Å². The molecule has 1 atom stereocenters. The highest BCUT2D eigenvalue weighted by Gasteiger charge is 2.30. The van der Waals surface area contributed by atoms with E-state index in [-0.39, 0.29) is 11.7 Å².